The first-order valence-electron chi connectivity index (χ1n) is 9.55. The third-order valence-electron chi connectivity index (χ3n) is 5.39. The van der Waals surface area contributed by atoms with Gasteiger partial charge in [-0.15, -0.1) is 10.2 Å². The molecule has 0 aliphatic heterocycles. The molecular weight excluding hydrogens is 344 g/mol. The van der Waals surface area contributed by atoms with E-state index < -0.39 is 0 Å². The van der Waals surface area contributed by atoms with Crippen molar-refractivity contribution in [3.63, 3.8) is 0 Å². The molecule has 138 valence electrons. The molecule has 5 nitrogen and oxygen atoms in total. The third kappa shape index (κ3) is 3.80. The van der Waals surface area contributed by atoms with Gasteiger partial charge in [0.2, 0.25) is 5.91 Å². The summed E-state index contributed by atoms with van der Waals surface area (Å²) in [4.78, 5) is 12.4. The summed E-state index contributed by atoms with van der Waals surface area (Å²) in [5, 5.41) is 12.4. The van der Waals surface area contributed by atoms with Crippen molar-refractivity contribution in [2.75, 3.05) is 5.75 Å². The average molecular weight is 371 g/mol. The first-order valence-corrected chi connectivity index (χ1v) is 10.5. The molecule has 1 atom stereocenters. The lowest BCUT2D eigenvalue weighted by Crippen LogP contribution is -2.28. The molecule has 1 amide bonds. The van der Waals surface area contributed by atoms with Crippen LogP contribution in [0.2, 0.25) is 0 Å². The summed E-state index contributed by atoms with van der Waals surface area (Å²) in [5.74, 6) is 2.03. The summed E-state index contributed by atoms with van der Waals surface area (Å²) in [5.41, 5.74) is 4.12. The Morgan fingerprint density at radius 1 is 1.27 bits per heavy atom. The molecule has 1 aromatic heterocycles. The zero-order valence-electron chi connectivity index (χ0n) is 15.5. The van der Waals surface area contributed by atoms with Crippen LogP contribution in [0.3, 0.4) is 0 Å². The van der Waals surface area contributed by atoms with E-state index in [4.69, 9.17) is 0 Å². The molecule has 26 heavy (non-hydrogen) atoms. The molecule has 4 rings (SSSR count). The van der Waals surface area contributed by atoms with Crippen molar-refractivity contribution < 1.29 is 4.79 Å². The lowest BCUT2D eigenvalue weighted by Gasteiger charge is -2.20. The topological polar surface area (TPSA) is 59.8 Å². The van der Waals surface area contributed by atoms with Gasteiger partial charge in [0.15, 0.2) is 5.16 Å². The zero-order valence-corrected chi connectivity index (χ0v) is 16.3. The molecule has 0 radical (unpaired) electrons. The Morgan fingerprint density at radius 2 is 2.04 bits per heavy atom. The van der Waals surface area contributed by atoms with Crippen LogP contribution in [0.5, 0.6) is 0 Å². The minimum absolute atomic E-state index is 0.0249. The Labute approximate surface area is 159 Å². The standard InChI is InChI=1S/C20H26N4OS/c1-13(16-10-7-14-5-3-4-6-17(14)11-16)21-18(25)12-26-20-23-22-19(24(20)2)15-8-9-15/h7,10-11,13,15H,3-6,8-9,12H2,1-2H3,(H,21,25). The number of thioether (sulfide) groups is 1. The number of carbonyl (C=O) groups is 1. The number of carbonyl (C=O) groups excluding carboxylic acids is 1. The average Bonchev–Trinajstić information content (AvgIpc) is 3.43. The highest BCUT2D eigenvalue weighted by Gasteiger charge is 2.29. The van der Waals surface area contributed by atoms with Crippen LogP contribution in [0, 0.1) is 0 Å². The molecule has 0 saturated heterocycles. The Kier molecular flexibility index (Phi) is 5.02. The van der Waals surface area contributed by atoms with Crippen LogP contribution in [0.25, 0.3) is 0 Å². The zero-order chi connectivity index (χ0) is 18.1. The highest BCUT2D eigenvalue weighted by Crippen LogP contribution is 2.39. The molecule has 2 aliphatic carbocycles. The summed E-state index contributed by atoms with van der Waals surface area (Å²) in [6, 6.07) is 6.70. The van der Waals surface area contributed by atoms with E-state index in [1.807, 2.05) is 11.6 Å². The molecule has 6 heteroatoms. The van der Waals surface area contributed by atoms with Gasteiger partial charge >= 0.3 is 0 Å². The van der Waals surface area contributed by atoms with Gasteiger partial charge in [-0.2, -0.15) is 0 Å². The monoisotopic (exact) mass is 370 g/mol. The molecule has 1 unspecified atom stereocenters. The van der Waals surface area contributed by atoms with E-state index in [0.717, 1.165) is 17.4 Å². The highest BCUT2D eigenvalue weighted by molar-refractivity contribution is 7.99. The molecule has 1 aromatic carbocycles. The minimum atomic E-state index is 0.0249. The fourth-order valence-electron chi connectivity index (χ4n) is 3.67. The van der Waals surface area contributed by atoms with E-state index in [2.05, 4.69) is 40.6 Å². The number of amides is 1. The molecule has 2 aromatic rings. The maximum absolute atomic E-state index is 12.4. The van der Waals surface area contributed by atoms with Crippen molar-refractivity contribution in [1.29, 1.82) is 0 Å². The molecular formula is C20H26N4OS. The van der Waals surface area contributed by atoms with Gasteiger partial charge in [0, 0.05) is 13.0 Å². The number of nitrogens with zero attached hydrogens (tertiary/aromatic N) is 3. The normalized spacial score (nSPS) is 17.6. The number of fused-ring (bicyclic) bond motifs is 1. The second-order valence-corrected chi connectivity index (χ2v) is 8.43. The van der Waals surface area contributed by atoms with Gasteiger partial charge in [0.05, 0.1) is 11.8 Å². The second kappa shape index (κ2) is 7.43. The molecule has 1 saturated carbocycles. The maximum atomic E-state index is 12.4. The van der Waals surface area contributed by atoms with Crippen LogP contribution < -0.4 is 5.32 Å². The van der Waals surface area contributed by atoms with Crippen LogP contribution in [-0.4, -0.2) is 26.4 Å². The number of rotatable bonds is 6. The van der Waals surface area contributed by atoms with Crippen LogP contribution >= 0.6 is 11.8 Å². The lowest BCUT2D eigenvalue weighted by molar-refractivity contribution is -0.119. The number of hydrogen-bond donors (Lipinski definition) is 1. The summed E-state index contributed by atoms with van der Waals surface area (Å²) < 4.78 is 2.03. The van der Waals surface area contributed by atoms with E-state index in [9.17, 15) is 4.79 Å². The Balaban J connectivity index is 1.33. The van der Waals surface area contributed by atoms with Gasteiger partial charge < -0.3 is 9.88 Å². The Morgan fingerprint density at radius 3 is 2.81 bits per heavy atom. The van der Waals surface area contributed by atoms with Crippen molar-refractivity contribution in [2.45, 2.75) is 62.6 Å². The molecule has 1 N–H and O–H groups in total. The third-order valence-corrected chi connectivity index (χ3v) is 6.41. The Hall–Kier alpha value is -1.82. The molecule has 0 bridgehead atoms. The van der Waals surface area contributed by atoms with E-state index in [1.165, 1.54) is 60.6 Å². The predicted octanol–water partition coefficient (Wildman–Crippen LogP) is 3.54. The SMILES string of the molecule is CC(NC(=O)CSc1nnc(C2CC2)n1C)c1ccc2c(c1)CCCC2. The quantitative estimate of drug-likeness (QED) is 0.790. The van der Waals surface area contributed by atoms with Gasteiger partial charge in [-0.3, -0.25) is 4.79 Å². The van der Waals surface area contributed by atoms with E-state index in [-0.39, 0.29) is 11.9 Å². The van der Waals surface area contributed by atoms with Crippen LogP contribution in [-0.2, 0) is 24.7 Å². The molecule has 1 heterocycles. The lowest BCUT2D eigenvalue weighted by atomic mass is 9.89. The first-order chi connectivity index (χ1) is 12.6. The fraction of sp³-hybridized carbons (Fsp3) is 0.550. The smallest absolute Gasteiger partial charge is 0.230 e. The van der Waals surface area contributed by atoms with Crippen LogP contribution in [0.4, 0.5) is 0 Å². The number of aromatic nitrogens is 3. The second-order valence-electron chi connectivity index (χ2n) is 7.49. The van der Waals surface area contributed by atoms with E-state index >= 15 is 0 Å². The summed E-state index contributed by atoms with van der Waals surface area (Å²) in [7, 11) is 1.99. The highest BCUT2D eigenvalue weighted by atomic mass is 32.2. The van der Waals surface area contributed by atoms with Crippen molar-refractivity contribution in [3.8, 4) is 0 Å². The van der Waals surface area contributed by atoms with E-state index in [1.54, 1.807) is 0 Å². The summed E-state index contributed by atoms with van der Waals surface area (Å²) >= 11 is 1.46. The van der Waals surface area contributed by atoms with Crippen molar-refractivity contribution >= 4 is 17.7 Å². The number of nitrogens with one attached hydrogen (secondary N) is 1. The van der Waals surface area contributed by atoms with Gasteiger partial charge in [-0.25, -0.2) is 0 Å². The molecule has 2 aliphatic rings. The van der Waals surface area contributed by atoms with Gasteiger partial charge in [-0.1, -0.05) is 30.0 Å². The Bertz CT molecular complexity index is 812. The van der Waals surface area contributed by atoms with Crippen LogP contribution in [0.15, 0.2) is 23.4 Å². The maximum Gasteiger partial charge on any atom is 0.230 e. The largest absolute Gasteiger partial charge is 0.349 e. The number of benzene rings is 1. The number of aryl methyl sites for hydroxylation is 2. The number of hydrogen-bond acceptors (Lipinski definition) is 4. The summed E-state index contributed by atoms with van der Waals surface area (Å²) in [6.45, 7) is 2.06. The summed E-state index contributed by atoms with van der Waals surface area (Å²) in [6.07, 6.45) is 7.32. The fourth-order valence-corrected chi connectivity index (χ4v) is 4.40. The predicted molar refractivity (Wildman–Crippen MR) is 103 cm³/mol. The minimum Gasteiger partial charge on any atom is -0.349 e. The van der Waals surface area contributed by atoms with Gasteiger partial charge in [0.25, 0.3) is 0 Å². The van der Waals surface area contributed by atoms with Gasteiger partial charge in [-0.05, 0) is 62.1 Å². The van der Waals surface area contributed by atoms with Crippen molar-refractivity contribution in [2.24, 2.45) is 7.05 Å². The molecule has 1 fully saturated rings. The van der Waals surface area contributed by atoms with Crippen molar-refractivity contribution in [3.05, 3.63) is 40.7 Å². The molecule has 0 spiro atoms. The van der Waals surface area contributed by atoms with E-state index in [0.29, 0.717) is 11.7 Å². The van der Waals surface area contributed by atoms with Gasteiger partial charge in [0.1, 0.15) is 5.82 Å². The van der Waals surface area contributed by atoms with Crippen molar-refractivity contribution in [1.82, 2.24) is 20.1 Å². The van der Waals surface area contributed by atoms with Crippen LogP contribution in [0.1, 0.15) is 67.1 Å². The first kappa shape index (κ1) is 17.6.